The SMILES string of the molecule is COc1cc(C(=O)NCCn2ncc3c(=O)n(Cc4ccccc4F)cnc32)cc(OC)c1OC. The number of ether oxygens (including phenoxy) is 3. The summed E-state index contributed by atoms with van der Waals surface area (Å²) in [5.74, 6) is 0.386. The van der Waals surface area contributed by atoms with Gasteiger partial charge in [0.1, 0.15) is 17.5 Å². The summed E-state index contributed by atoms with van der Waals surface area (Å²) in [6, 6.07) is 9.37. The van der Waals surface area contributed by atoms with E-state index in [1.807, 2.05) is 0 Å². The van der Waals surface area contributed by atoms with Crippen molar-refractivity contribution in [2.24, 2.45) is 0 Å². The highest BCUT2D eigenvalue weighted by molar-refractivity contribution is 5.95. The second kappa shape index (κ2) is 10.2. The number of aromatic nitrogens is 4. The molecule has 0 aliphatic carbocycles. The molecule has 0 unspecified atom stereocenters. The fourth-order valence-electron chi connectivity index (χ4n) is 3.67. The molecule has 0 aliphatic rings. The van der Waals surface area contributed by atoms with Gasteiger partial charge < -0.3 is 19.5 Å². The molecule has 4 rings (SSSR count). The van der Waals surface area contributed by atoms with Gasteiger partial charge in [0.2, 0.25) is 5.75 Å². The monoisotopic (exact) mass is 481 g/mol. The van der Waals surface area contributed by atoms with Crippen LogP contribution in [0.3, 0.4) is 0 Å². The van der Waals surface area contributed by atoms with Gasteiger partial charge in [0.15, 0.2) is 17.1 Å². The molecule has 10 nitrogen and oxygen atoms in total. The van der Waals surface area contributed by atoms with Gasteiger partial charge in [0.25, 0.3) is 11.5 Å². The van der Waals surface area contributed by atoms with E-state index in [0.29, 0.717) is 39.4 Å². The summed E-state index contributed by atoms with van der Waals surface area (Å²) in [7, 11) is 4.43. The van der Waals surface area contributed by atoms with Crippen LogP contribution in [0.5, 0.6) is 17.2 Å². The molecule has 11 heteroatoms. The Morgan fingerprint density at radius 2 is 1.80 bits per heavy atom. The lowest BCUT2D eigenvalue weighted by Gasteiger charge is -2.14. The first kappa shape index (κ1) is 23.7. The van der Waals surface area contributed by atoms with Crippen molar-refractivity contribution < 1.29 is 23.4 Å². The van der Waals surface area contributed by atoms with Gasteiger partial charge in [-0.15, -0.1) is 0 Å². The van der Waals surface area contributed by atoms with Crippen molar-refractivity contribution >= 4 is 16.9 Å². The van der Waals surface area contributed by atoms with E-state index >= 15 is 0 Å². The normalized spacial score (nSPS) is 10.9. The maximum absolute atomic E-state index is 14.0. The Hall–Kier alpha value is -4.41. The van der Waals surface area contributed by atoms with Gasteiger partial charge in [-0.1, -0.05) is 18.2 Å². The van der Waals surface area contributed by atoms with E-state index in [1.54, 1.807) is 30.3 Å². The average molecular weight is 481 g/mol. The molecular weight excluding hydrogens is 457 g/mol. The fraction of sp³-hybridized carbons (Fsp3) is 0.250. The maximum Gasteiger partial charge on any atom is 0.264 e. The molecule has 0 saturated heterocycles. The second-order valence-electron chi connectivity index (χ2n) is 7.54. The maximum atomic E-state index is 14.0. The predicted octanol–water partition coefficient (Wildman–Crippen LogP) is 2.24. The molecule has 0 atom stereocenters. The zero-order chi connectivity index (χ0) is 24.9. The van der Waals surface area contributed by atoms with Gasteiger partial charge in [-0.05, 0) is 18.2 Å². The number of halogens is 1. The van der Waals surface area contributed by atoms with Crippen LogP contribution in [-0.4, -0.2) is 53.1 Å². The summed E-state index contributed by atoms with van der Waals surface area (Å²) in [5.41, 5.74) is 0.768. The van der Waals surface area contributed by atoms with Gasteiger partial charge in [0.05, 0.1) is 40.6 Å². The Labute approximate surface area is 199 Å². The Balaban J connectivity index is 1.46. The van der Waals surface area contributed by atoms with E-state index in [2.05, 4.69) is 15.4 Å². The number of methoxy groups -OCH3 is 3. The minimum absolute atomic E-state index is 0.0600. The number of hydrogen-bond acceptors (Lipinski definition) is 7. The highest BCUT2D eigenvalue weighted by Crippen LogP contribution is 2.38. The Bertz CT molecular complexity index is 1410. The number of hydrogen-bond donors (Lipinski definition) is 1. The predicted molar refractivity (Wildman–Crippen MR) is 126 cm³/mol. The van der Waals surface area contributed by atoms with Crippen molar-refractivity contribution in [3.8, 4) is 17.2 Å². The molecule has 2 heterocycles. The van der Waals surface area contributed by atoms with Crippen LogP contribution in [0.4, 0.5) is 4.39 Å². The minimum atomic E-state index is -0.391. The van der Waals surface area contributed by atoms with E-state index in [1.165, 1.54) is 49.2 Å². The first-order chi connectivity index (χ1) is 17.0. The van der Waals surface area contributed by atoms with E-state index < -0.39 is 5.82 Å². The quantitative estimate of drug-likeness (QED) is 0.390. The zero-order valence-corrected chi connectivity index (χ0v) is 19.4. The number of rotatable bonds is 9. The first-order valence-corrected chi connectivity index (χ1v) is 10.7. The van der Waals surface area contributed by atoms with Crippen molar-refractivity contribution in [2.75, 3.05) is 27.9 Å². The third-order valence-corrected chi connectivity index (χ3v) is 5.46. The van der Waals surface area contributed by atoms with E-state index in [0.717, 1.165) is 0 Å². The van der Waals surface area contributed by atoms with Crippen LogP contribution >= 0.6 is 0 Å². The zero-order valence-electron chi connectivity index (χ0n) is 19.4. The molecular formula is C24H24FN5O5. The smallest absolute Gasteiger partial charge is 0.264 e. The summed E-state index contributed by atoms with van der Waals surface area (Å²) < 4.78 is 32.7. The van der Waals surface area contributed by atoms with Crippen LogP contribution in [0.15, 0.2) is 53.7 Å². The van der Waals surface area contributed by atoms with Crippen LogP contribution in [0.1, 0.15) is 15.9 Å². The summed E-state index contributed by atoms with van der Waals surface area (Å²) in [6.07, 6.45) is 2.79. The third kappa shape index (κ3) is 4.79. The molecule has 1 N–H and O–H groups in total. The fourth-order valence-corrected chi connectivity index (χ4v) is 3.67. The third-order valence-electron chi connectivity index (χ3n) is 5.46. The van der Waals surface area contributed by atoms with Crippen LogP contribution < -0.4 is 25.1 Å². The number of nitrogens with one attached hydrogen (secondary N) is 1. The lowest BCUT2D eigenvalue weighted by molar-refractivity contribution is 0.0951. The van der Waals surface area contributed by atoms with Gasteiger partial charge >= 0.3 is 0 Å². The Morgan fingerprint density at radius 3 is 2.46 bits per heavy atom. The Kier molecular flexibility index (Phi) is 6.95. The van der Waals surface area contributed by atoms with Gasteiger partial charge in [-0.2, -0.15) is 5.10 Å². The molecule has 2 aromatic heterocycles. The summed E-state index contributed by atoms with van der Waals surface area (Å²) in [5, 5.41) is 7.34. The average Bonchev–Trinajstić information content (AvgIpc) is 3.29. The number of fused-ring (bicyclic) bond motifs is 1. The van der Waals surface area contributed by atoms with Crippen LogP contribution in [-0.2, 0) is 13.1 Å². The van der Waals surface area contributed by atoms with Crippen molar-refractivity contribution in [3.63, 3.8) is 0 Å². The topological polar surface area (TPSA) is 110 Å². The van der Waals surface area contributed by atoms with Gasteiger partial charge in [-0.3, -0.25) is 14.2 Å². The number of carbonyl (C=O) groups excluding carboxylic acids is 1. The Morgan fingerprint density at radius 1 is 1.09 bits per heavy atom. The second-order valence-corrected chi connectivity index (χ2v) is 7.54. The van der Waals surface area contributed by atoms with Crippen LogP contribution in [0.25, 0.3) is 11.0 Å². The molecule has 182 valence electrons. The molecule has 0 aliphatic heterocycles. The highest BCUT2D eigenvalue weighted by Gasteiger charge is 2.17. The lowest BCUT2D eigenvalue weighted by atomic mass is 10.1. The molecule has 2 aromatic carbocycles. The van der Waals surface area contributed by atoms with Crippen molar-refractivity contribution in [2.45, 2.75) is 13.1 Å². The molecule has 35 heavy (non-hydrogen) atoms. The first-order valence-electron chi connectivity index (χ1n) is 10.7. The molecule has 0 fully saturated rings. The molecule has 4 aromatic rings. The number of amides is 1. The summed E-state index contributed by atoms with van der Waals surface area (Å²) in [4.78, 5) is 29.9. The summed E-state index contributed by atoms with van der Waals surface area (Å²) in [6.45, 7) is 0.570. The minimum Gasteiger partial charge on any atom is -0.493 e. The molecule has 0 saturated carbocycles. The van der Waals surface area contributed by atoms with Crippen LogP contribution in [0, 0.1) is 5.82 Å². The highest BCUT2D eigenvalue weighted by atomic mass is 19.1. The number of carbonyl (C=O) groups is 1. The molecule has 0 spiro atoms. The van der Waals surface area contributed by atoms with Gasteiger partial charge in [0, 0.05) is 17.7 Å². The van der Waals surface area contributed by atoms with Crippen LogP contribution in [0.2, 0.25) is 0 Å². The van der Waals surface area contributed by atoms with E-state index in [9.17, 15) is 14.0 Å². The van der Waals surface area contributed by atoms with E-state index in [4.69, 9.17) is 14.2 Å². The molecule has 0 bridgehead atoms. The summed E-state index contributed by atoms with van der Waals surface area (Å²) >= 11 is 0. The van der Waals surface area contributed by atoms with Crippen molar-refractivity contribution in [3.05, 3.63) is 76.2 Å². The van der Waals surface area contributed by atoms with E-state index in [-0.39, 0.29) is 31.1 Å². The molecule has 0 radical (unpaired) electrons. The number of nitrogens with zero attached hydrogens (tertiary/aromatic N) is 4. The molecule has 1 amide bonds. The van der Waals surface area contributed by atoms with Crippen molar-refractivity contribution in [1.29, 1.82) is 0 Å². The lowest BCUT2D eigenvalue weighted by Crippen LogP contribution is -2.28. The number of benzene rings is 2. The van der Waals surface area contributed by atoms with Crippen molar-refractivity contribution in [1.82, 2.24) is 24.6 Å². The van der Waals surface area contributed by atoms with Gasteiger partial charge in [-0.25, -0.2) is 14.1 Å². The largest absolute Gasteiger partial charge is 0.493 e. The standard InChI is InChI=1S/C24H24FN5O5/c1-33-19-10-16(11-20(34-2)21(19)35-3)23(31)26-8-9-30-22-17(12-28-30)24(32)29(14-27-22)13-15-6-4-5-7-18(15)25/h4-7,10-12,14H,8-9,13H2,1-3H3,(H,26,31).